The first-order valence-corrected chi connectivity index (χ1v) is 12.0. The number of carbonyl (C=O) groups is 1. The second-order valence-electron chi connectivity index (χ2n) is 7.16. The molecule has 0 aromatic carbocycles. The number of thiazole rings is 1. The minimum Gasteiger partial charge on any atom is -0.357 e. The smallest absolute Gasteiger partial charge is 0.225 e. The lowest BCUT2D eigenvalue weighted by Crippen LogP contribution is -2.45. The molecule has 158 valence electrons. The highest BCUT2D eigenvalue weighted by atomic mass is 127. The number of aromatic nitrogens is 1. The topological polar surface area (TPSA) is 69.6 Å². The zero-order chi connectivity index (χ0) is 18.9. The highest BCUT2D eigenvalue weighted by molar-refractivity contribution is 14.0. The standard InChI is InChI=1S/C19H31N5OS2.HI/c1-2-20-18(21-9-5-12-26-19-22-10-13-27-19)23-16-8-11-24(14-16)17(25)15-6-3-4-7-15;/h10,13,15-16H,2-9,11-12,14H2,1H3,(H2,20,21,23);1H. The summed E-state index contributed by atoms with van der Waals surface area (Å²) >= 11 is 3.48. The Labute approximate surface area is 193 Å². The van der Waals surface area contributed by atoms with E-state index in [0.717, 1.165) is 67.9 Å². The third-order valence-corrected chi connectivity index (χ3v) is 7.15. The second kappa shape index (κ2) is 12.9. The lowest BCUT2D eigenvalue weighted by molar-refractivity contribution is -0.134. The molecule has 0 bridgehead atoms. The van der Waals surface area contributed by atoms with Crippen molar-refractivity contribution < 1.29 is 4.79 Å². The number of halogens is 1. The second-order valence-corrected chi connectivity index (χ2v) is 9.39. The average Bonchev–Trinajstić information content (AvgIpc) is 3.43. The predicted molar refractivity (Wildman–Crippen MR) is 129 cm³/mol. The number of thioether (sulfide) groups is 1. The number of guanidine groups is 1. The van der Waals surface area contributed by atoms with Gasteiger partial charge in [0.05, 0.1) is 0 Å². The van der Waals surface area contributed by atoms with Crippen LogP contribution in [0, 0.1) is 5.92 Å². The first-order valence-electron chi connectivity index (χ1n) is 10.1. The Morgan fingerprint density at radius 2 is 2.21 bits per heavy atom. The van der Waals surface area contributed by atoms with Gasteiger partial charge in [-0.15, -0.1) is 35.3 Å². The maximum atomic E-state index is 12.6. The molecule has 6 nitrogen and oxygen atoms in total. The molecule has 1 atom stereocenters. The molecular weight excluding hydrogens is 505 g/mol. The van der Waals surface area contributed by atoms with Gasteiger partial charge >= 0.3 is 0 Å². The summed E-state index contributed by atoms with van der Waals surface area (Å²) in [5.74, 6) is 2.56. The monoisotopic (exact) mass is 537 g/mol. The van der Waals surface area contributed by atoms with Crippen LogP contribution < -0.4 is 10.6 Å². The van der Waals surface area contributed by atoms with E-state index in [0.29, 0.717) is 11.9 Å². The molecule has 1 aliphatic heterocycles. The van der Waals surface area contributed by atoms with Crippen LogP contribution >= 0.6 is 47.1 Å². The number of carbonyl (C=O) groups excluding carboxylic acids is 1. The van der Waals surface area contributed by atoms with Crippen molar-refractivity contribution in [1.82, 2.24) is 20.5 Å². The molecule has 1 unspecified atom stereocenters. The van der Waals surface area contributed by atoms with Crippen LogP contribution in [0.5, 0.6) is 0 Å². The largest absolute Gasteiger partial charge is 0.357 e. The molecule has 9 heteroatoms. The van der Waals surface area contributed by atoms with Crippen molar-refractivity contribution in [1.29, 1.82) is 0 Å². The highest BCUT2D eigenvalue weighted by Gasteiger charge is 2.32. The molecule has 3 rings (SSSR count). The van der Waals surface area contributed by atoms with Crippen molar-refractivity contribution in [2.45, 2.75) is 55.8 Å². The van der Waals surface area contributed by atoms with Crippen LogP contribution in [0.4, 0.5) is 0 Å². The number of rotatable bonds is 8. The zero-order valence-electron chi connectivity index (χ0n) is 16.6. The van der Waals surface area contributed by atoms with E-state index in [4.69, 9.17) is 4.99 Å². The molecule has 0 radical (unpaired) electrons. The van der Waals surface area contributed by atoms with Gasteiger partial charge in [0.2, 0.25) is 5.91 Å². The Balaban J connectivity index is 0.00000280. The van der Waals surface area contributed by atoms with Gasteiger partial charge in [0.25, 0.3) is 0 Å². The van der Waals surface area contributed by atoms with E-state index < -0.39 is 0 Å². The summed E-state index contributed by atoms with van der Waals surface area (Å²) in [6.07, 6.45) is 8.46. The molecular formula is C19H32IN5OS2. The molecule has 2 heterocycles. The Hall–Kier alpha value is -0.550. The first-order chi connectivity index (χ1) is 13.3. The maximum Gasteiger partial charge on any atom is 0.225 e. The van der Waals surface area contributed by atoms with Gasteiger partial charge in [-0.05, 0) is 32.6 Å². The lowest BCUT2D eigenvalue weighted by Gasteiger charge is -2.21. The van der Waals surface area contributed by atoms with Crippen LogP contribution in [0.1, 0.15) is 45.4 Å². The van der Waals surface area contributed by atoms with Gasteiger partial charge in [-0.25, -0.2) is 4.98 Å². The highest BCUT2D eigenvalue weighted by Crippen LogP contribution is 2.27. The van der Waals surface area contributed by atoms with Gasteiger partial charge in [0.15, 0.2) is 5.96 Å². The Kier molecular flexibility index (Phi) is 10.9. The van der Waals surface area contributed by atoms with E-state index in [1.807, 2.05) is 11.6 Å². The minimum absolute atomic E-state index is 0. The molecule has 2 aliphatic rings. The summed E-state index contributed by atoms with van der Waals surface area (Å²) in [7, 11) is 0. The van der Waals surface area contributed by atoms with E-state index in [1.54, 1.807) is 23.1 Å². The number of hydrogen-bond donors (Lipinski definition) is 2. The summed E-state index contributed by atoms with van der Waals surface area (Å²) in [5, 5.41) is 8.87. The Morgan fingerprint density at radius 3 is 2.93 bits per heavy atom. The number of likely N-dealkylation sites (tertiary alicyclic amines) is 1. The molecule has 1 aromatic heterocycles. The number of hydrogen-bond acceptors (Lipinski definition) is 5. The Morgan fingerprint density at radius 1 is 1.39 bits per heavy atom. The van der Waals surface area contributed by atoms with Gasteiger partial charge in [-0.2, -0.15) is 0 Å². The summed E-state index contributed by atoms with van der Waals surface area (Å²) < 4.78 is 1.13. The van der Waals surface area contributed by atoms with E-state index in [1.165, 1.54) is 12.8 Å². The fraction of sp³-hybridized carbons (Fsp3) is 0.737. The van der Waals surface area contributed by atoms with Crippen molar-refractivity contribution in [2.75, 3.05) is 31.9 Å². The van der Waals surface area contributed by atoms with E-state index >= 15 is 0 Å². The van der Waals surface area contributed by atoms with Crippen molar-refractivity contribution in [2.24, 2.45) is 10.9 Å². The van der Waals surface area contributed by atoms with E-state index in [9.17, 15) is 4.79 Å². The SMILES string of the molecule is CCNC(=NCCCSc1nccs1)NC1CCN(C(=O)C2CCCC2)C1.I. The molecule has 1 saturated carbocycles. The minimum atomic E-state index is 0. The number of aliphatic imine (C=N–C) groups is 1. The Bertz CT molecular complexity index is 607. The van der Waals surface area contributed by atoms with E-state index in [-0.39, 0.29) is 29.9 Å². The molecule has 1 aliphatic carbocycles. The van der Waals surface area contributed by atoms with Crippen molar-refractivity contribution >= 4 is 58.9 Å². The molecule has 0 spiro atoms. The predicted octanol–water partition coefficient (Wildman–Crippen LogP) is 3.59. The average molecular weight is 538 g/mol. The van der Waals surface area contributed by atoms with Crippen LogP contribution in [0.15, 0.2) is 20.9 Å². The lowest BCUT2D eigenvalue weighted by atomic mass is 10.1. The third kappa shape index (κ3) is 7.37. The molecule has 1 amide bonds. The van der Waals surface area contributed by atoms with Crippen LogP contribution in [0.3, 0.4) is 0 Å². The van der Waals surface area contributed by atoms with Gasteiger partial charge < -0.3 is 15.5 Å². The molecule has 2 N–H and O–H groups in total. The quantitative estimate of drug-likeness (QED) is 0.175. The zero-order valence-corrected chi connectivity index (χ0v) is 20.5. The first kappa shape index (κ1) is 23.7. The number of nitrogens with one attached hydrogen (secondary N) is 2. The van der Waals surface area contributed by atoms with Gasteiger partial charge in [-0.3, -0.25) is 9.79 Å². The molecule has 1 aromatic rings. The molecule has 28 heavy (non-hydrogen) atoms. The number of amides is 1. The van der Waals surface area contributed by atoms with Crippen LogP contribution in [0.2, 0.25) is 0 Å². The van der Waals surface area contributed by atoms with Crippen LogP contribution in [-0.2, 0) is 4.79 Å². The summed E-state index contributed by atoms with van der Waals surface area (Å²) in [5.41, 5.74) is 0. The van der Waals surface area contributed by atoms with Crippen molar-refractivity contribution in [3.05, 3.63) is 11.6 Å². The fourth-order valence-corrected chi connectivity index (χ4v) is 5.35. The summed E-state index contributed by atoms with van der Waals surface area (Å²) in [6.45, 7) is 5.40. The van der Waals surface area contributed by atoms with Crippen LogP contribution in [0.25, 0.3) is 0 Å². The number of nitrogens with zero attached hydrogens (tertiary/aromatic N) is 3. The fourth-order valence-electron chi connectivity index (χ4n) is 3.72. The molecule has 2 fully saturated rings. The van der Waals surface area contributed by atoms with Crippen LogP contribution in [-0.4, -0.2) is 59.7 Å². The normalized spacial score (nSPS) is 20.2. The molecule has 1 saturated heterocycles. The summed E-state index contributed by atoms with van der Waals surface area (Å²) in [4.78, 5) is 23.6. The van der Waals surface area contributed by atoms with Crippen molar-refractivity contribution in [3.8, 4) is 0 Å². The van der Waals surface area contributed by atoms with Gasteiger partial charge in [0.1, 0.15) is 4.34 Å². The summed E-state index contributed by atoms with van der Waals surface area (Å²) in [6, 6.07) is 0.304. The van der Waals surface area contributed by atoms with Gasteiger partial charge in [-0.1, -0.05) is 24.6 Å². The van der Waals surface area contributed by atoms with E-state index in [2.05, 4.69) is 27.4 Å². The van der Waals surface area contributed by atoms with Gasteiger partial charge in [0, 0.05) is 55.5 Å². The maximum absolute atomic E-state index is 12.6. The third-order valence-electron chi connectivity index (χ3n) is 5.10. The van der Waals surface area contributed by atoms with Crippen molar-refractivity contribution in [3.63, 3.8) is 0 Å².